The first-order valence-corrected chi connectivity index (χ1v) is 33.5. The molecule has 1 spiro atoms. The summed E-state index contributed by atoms with van der Waals surface area (Å²) < 4.78 is 116. The van der Waals surface area contributed by atoms with Gasteiger partial charge in [-0.3, -0.25) is 24.5 Å². The van der Waals surface area contributed by atoms with Crippen LogP contribution in [0.4, 0.5) is 46.3 Å². The molecule has 3 saturated heterocycles. The molecule has 0 unspecified atom stereocenters. The number of nitrogens with one attached hydrogen (secondary N) is 2. The minimum atomic E-state index is -5.15. The Bertz CT molecular complexity index is 3610. The van der Waals surface area contributed by atoms with E-state index in [4.69, 9.17) is 14.2 Å². The zero-order chi connectivity index (χ0) is 68.2. The molecule has 10 rings (SSSR count). The van der Waals surface area contributed by atoms with Gasteiger partial charge in [-0.2, -0.15) is 26.3 Å². The fraction of sp³-hybridized carbons (Fsp3) is 0.465. The zero-order valence-electron chi connectivity index (χ0n) is 54.2. The molecular weight excluding hydrogens is 1270 g/mol. The van der Waals surface area contributed by atoms with E-state index >= 15 is 0 Å². The number of alkyl halides is 6. The van der Waals surface area contributed by atoms with Crippen molar-refractivity contribution in [3.05, 3.63) is 172 Å². The van der Waals surface area contributed by atoms with Crippen molar-refractivity contribution in [3.8, 4) is 11.1 Å². The maximum absolute atomic E-state index is 14.2. The lowest BCUT2D eigenvalue weighted by molar-refractivity contribution is -0.143. The van der Waals surface area contributed by atoms with Crippen molar-refractivity contribution in [2.75, 3.05) is 117 Å². The SMILES string of the molecule is CN(CCN1CCC(OC(=O)Nc2ccccc2-c2ccccc2)CC1)C(=O)CCCCCNc1ncc(C(=O)N(C)CCCN(C)C(=O)CO[C@H]2Cc3ccccc3C23CCN(CC[C@@]2(c4ccc(F)cc4)CN(C(=O)c4cc(C(F)(F)F)cc(C(F)(F)F)c4)CO2)CC3)s1. The molecule has 3 fully saturated rings. The zero-order valence-corrected chi connectivity index (χ0v) is 55.0. The highest BCUT2D eigenvalue weighted by atomic mass is 32.1. The van der Waals surface area contributed by atoms with Crippen molar-refractivity contribution in [3.63, 3.8) is 0 Å². The van der Waals surface area contributed by atoms with Gasteiger partial charge in [-0.25, -0.2) is 14.2 Å². The summed E-state index contributed by atoms with van der Waals surface area (Å²) in [5.41, 5.74) is -0.273. The van der Waals surface area contributed by atoms with E-state index in [2.05, 4.69) is 37.6 Å². The van der Waals surface area contributed by atoms with Crippen LogP contribution in [-0.4, -0.2) is 183 Å². The minimum Gasteiger partial charge on any atom is -0.446 e. The van der Waals surface area contributed by atoms with E-state index in [9.17, 15) is 54.7 Å². The Morgan fingerprint density at radius 2 is 1.38 bits per heavy atom. The van der Waals surface area contributed by atoms with Crippen molar-refractivity contribution in [1.82, 2.24) is 34.4 Å². The number of likely N-dealkylation sites (tertiary alicyclic amines) is 2. The standard InChI is InChI=1S/C71H82F7N9O8S/c1-82(32-14-33-84(3)65(91)60-45-80-66(96-60)79-31-13-5-8-21-62(88)83(2)39-40-85-34-26-56(27-35-85)95-67(92)81-59-20-12-10-18-57(59)49-15-6-4-7-16-49)63(89)46-93-61-43-50-17-9-11-19-58(50)68(61)28-36-86(37-29-68)38-30-69(52-22-24-55(72)25-23-52)47-87(48-94-69)64(90)51-41-53(70(73,74)75)44-54(42-51)71(76,77)78/h4,6-7,9-12,15-20,22-25,41-42,44-45,56,61H,5,8,13-14,21,26-40,43,46-48H2,1-3H3,(H,79,80)(H,81,92)/t61-,69-/m0/s1. The summed E-state index contributed by atoms with van der Waals surface area (Å²) in [4.78, 5) is 82.2. The largest absolute Gasteiger partial charge is 0.446 e. The highest BCUT2D eigenvalue weighted by Crippen LogP contribution is 2.49. The first-order valence-electron chi connectivity index (χ1n) is 32.7. The summed E-state index contributed by atoms with van der Waals surface area (Å²) >= 11 is 1.27. The van der Waals surface area contributed by atoms with Crippen LogP contribution in [0.25, 0.3) is 11.1 Å². The lowest BCUT2D eigenvalue weighted by Crippen LogP contribution is -2.50. The first-order chi connectivity index (χ1) is 46.0. The van der Waals surface area contributed by atoms with Crippen LogP contribution in [0.2, 0.25) is 0 Å². The number of hydrogen-bond donors (Lipinski definition) is 2. The van der Waals surface area contributed by atoms with Gasteiger partial charge in [0.05, 0.1) is 35.7 Å². The number of hydrogen-bond acceptors (Lipinski definition) is 13. The number of likely N-dealkylation sites (N-methyl/N-ethyl adjacent to an activating group) is 2. The molecular formula is C71H82F7N9O8S. The molecule has 6 aromatic rings. The van der Waals surface area contributed by atoms with Gasteiger partial charge in [-0.1, -0.05) is 103 Å². The number of amides is 5. The summed E-state index contributed by atoms with van der Waals surface area (Å²) in [7, 11) is 5.26. The Morgan fingerprint density at radius 1 is 0.719 bits per heavy atom. The number of rotatable bonds is 26. The highest BCUT2D eigenvalue weighted by molar-refractivity contribution is 7.17. The van der Waals surface area contributed by atoms with Crippen molar-refractivity contribution in [2.45, 2.75) is 106 Å². The smallest absolute Gasteiger partial charge is 0.416 e. The Labute approximate surface area is 558 Å². The minimum absolute atomic E-state index is 0.0297. The molecule has 4 aliphatic rings. The van der Waals surface area contributed by atoms with E-state index in [0.717, 1.165) is 78.9 Å². The van der Waals surface area contributed by atoms with Gasteiger partial charge in [0.15, 0.2) is 5.13 Å². The monoisotopic (exact) mass is 1350 g/mol. The van der Waals surface area contributed by atoms with Gasteiger partial charge in [0.1, 0.15) is 35.7 Å². The molecule has 25 heteroatoms. The quantitative estimate of drug-likeness (QED) is 0.0390. The van der Waals surface area contributed by atoms with E-state index in [1.807, 2.05) is 73.8 Å². The van der Waals surface area contributed by atoms with Crippen LogP contribution in [-0.2, 0) is 53.6 Å². The molecule has 4 heterocycles. The van der Waals surface area contributed by atoms with E-state index in [-0.39, 0.29) is 55.6 Å². The fourth-order valence-corrected chi connectivity index (χ4v) is 14.2. The highest BCUT2D eigenvalue weighted by Gasteiger charge is 2.50. The third kappa shape index (κ3) is 17.8. The summed E-state index contributed by atoms with van der Waals surface area (Å²) in [6.07, 6.45) is -2.67. The van der Waals surface area contributed by atoms with Crippen LogP contribution in [0.3, 0.4) is 0 Å². The second-order valence-electron chi connectivity index (χ2n) is 25.4. The fourth-order valence-electron chi connectivity index (χ4n) is 13.4. The second-order valence-corrected chi connectivity index (χ2v) is 26.5. The van der Waals surface area contributed by atoms with Gasteiger partial charge >= 0.3 is 18.4 Å². The van der Waals surface area contributed by atoms with Gasteiger partial charge in [0, 0.05) is 96.5 Å². The molecule has 2 N–H and O–H groups in total. The number of benzene rings is 5. The normalized spacial score (nSPS) is 18.3. The number of nitrogens with zero attached hydrogens (tertiary/aromatic N) is 7. The molecule has 0 radical (unpaired) electrons. The number of fused-ring (bicyclic) bond motifs is 2. The van der Waals surface area contributed by atoms with Gasteiger partial charge < -0.3 is 48.9 Å². The Balaban J connectivity index is 0.606. The van der Waals surface area contributed by atoms with Gasteiger partial charge in [-0.15, -0.1) is 0 Å². The van der Waals surface area contributed by atoms with E-state index in [1.54, 1.807) is 35.0 Å². The molecule has 0 bridgehead atoms. The second kappa shape index (κ2) is 31.5. The number of thiazole rings is 1. The number of carbonyl (C=O) groups is 5. The number of piperidine rings is 2. The van der Waals surface area contributed by atoms with Crippen LogP contribution in [0.5, 0.6) is 0 Å². The van der Waals surface area contributed by atoms with Crippen molar-refractivity contribution < 1.29 is 68.9 Å². The number of anilines is 2. The number of unbranched alkanes of at least 4 members (excludes halogenated alkanes) is 2. The van der Waals surface area contributed by atoms with Crippen LogP contribution < -0.4 is 10.6 Å². The first kappa shape index (κ1) is 70.8. The van der Waals surface area contributed by atoms with Crippen LogP contribution in [0, 0.1) is 5.82 Å². The van der Waals surface area contributed by atoms with Gasteiger partial charge in [0.25, 0.3) is 11.8 Å². The third-order valence-corrected chi connectivity index (χ3v) is 20.0. The summed E-state index contributed by atoms with van der Waals surface area (Å²) in [5, 5.41) is 6.86. The van der Waals surface area contributed by atoms with Crippen molar-refractivity contribution >= 4 is 51.9 Å². The predicted molar refractivity (Wildman–Crippen MR) is 351 cm³/mol. The molecule has 5 aromatic carbocycles. The number of ether oxygens (including phenoxy) is 3. The van der Waals surface area contributed by atoms with Gasteiger partial charge in [-0.05, 0) is 130 Å². The molecule has 3 aliphatic heterocycles. The van der Waals surface area contributed by atoms with E-state index in [1.165, 1.54) is 35.6 Å². The summed E-state index contributed by atoms with van der Waals surface area (Å²) in [5.74, 6) is -1.89. The van der Waals surface area contributed by atoms with Crippen LogP contribution >= 0.6 is 11.3 Å². The molecule has 0 saturated carbocycles. The Morgan fingerprint density at radius 3 is 2.09 bits per heavy atom. The number of carbonyl (C=O) groups excluding carboxylic acids is 5. The molecule has 96 heavy (non-hydrogen) atoms. The Kier molecular flexibility index (Phi) is 23.2. The topological polar surface area (TPSA) is 169 Å². The molecule has 1 aromatic heterocycles. The molecule has 1 aliphatic carbocycles. The van der Waals surface area contributed by atoms with Crippen molar-refractivity contribution in [1.29, 1.82) is 0 Å². The van der Waals surface area contributed by atoms with Crippen LogP contribution in [0.15, 0.2) is 128 Å². The average molecular weight is 1350 g/mol. The average Bonchev–Trinajstić information content (AvgIpc) is 1.58. The molecule has 514 valence electrons. The summed E-state index contributed by atoms with van der Waals surface area (Å²) in [6.45, 7) is 5.15. The van der Waals surface area contributed by atoms with Crippen LogP contribution in [0.1, 0.15) is 112 Å². The lowest BCUT2D eigenvalue weighted by Gasteiger charge is -2.44. The molecule has 5 amide bonds. The predicted octanol–water partition coefficient (Wildman–Crippen LogP) is 12.4. The lowest BCUT2D eigenvalue weighted by atomic mass is 9.72. The van der Waals surface area contributed by atoms with E-state index < -0.39 is 64.6 Å². The maximum atomic E-state index is 14.2. The molecule has 2 atom stereocenters. The number of para-hydroxylation sites is 1. The summed E-state index contributed by atoms with van der Waals surface area (Å²) in [6, 6.07) is 31.9. The molecule has 17 nitrogen and oxygen atoms in total. The van der Waals surface area contributed by atoms with Gasteiger partial charge in [0.2, 0.25) is 11.8 Å². The third-order valence-electron chi connectivity index (χ3n) is 19.1. The van der Waals surface area contributed by atoms with E-state index in [0.29, 0.717) is 111 Å². The number of aromatic nitrogens is 1. The Hall–Kier alpha value is -7.97. The maximum Gasteiger partial charge on any atom is 0.416 e. The van der Waals surface area contributed by atoms with Crippen molar-refractivity contribution in [2.24, 2.45) is 0 Å². The number of halogens is 7.